The molecule has 3 aromatic heterocycles. The first kappa shape index (κ1) is 73.5. The average Bonchev–Trinajstić information content (AvgIpc) is 1.43. The van der Waals surface area contributed by atoms with E-state index in [1.165, 1.54) is 22.3 Å². The van der Waals surface area contributed by atoms with Gasteiger partial charge in [0.15, 0.2) is 17.3 Å². The van der Waals surface area contributed by atoms with Crippen LogP contribution in [0.3, 0.4) is 0 Å². The predicted octanol–water partition coefficient (Wildman–Crippen LogP) is 21.3. The van der Waals surface area contributed by atoms with E-state index in [1.54, 1.807) is 24.5 Å². The van der Waals surface area contributed by atoms with Crippen molar-refractivity contribution >= 4 is 91.2 Å². The van der Waals surface area contributed by atoms with Gasteiger partial charge < -0.3 is 15.3 Å². The third-order valence-electron chi connectivity index (χ3n) is 24.9. The maximum absolute atomic E-state index is 13.5. The molecule has 1 unspecified atom stereocenters. The monoisotopic (exact) mass is 1500 g/mol. The van der Waals surface area contributed by atoms with E-state index in [4.69, 9.17) is 33.4 Å². The summed E-state index contributed by atoms with van der Waals surface area (Å²) < 4.78 is 5.77. The highest BCUT2D eigenvalue weighted by Crippen LogP contribution is 2.65. The van der Waals surface area contributed by atoms with E-state index in [-0.39, 0.29) is 58.4 Å². The molecule has 3 heterocycles. The fourth-order valence-corrected chi connectivity index (χ4v) is 20.3. The van der Waals surface area contributed by atoms with Gasteiger partial charge in [0.2, 0.25) is 0 Å². The van der Waals surface area contributed by atoms with Crippen molar-refractivity contribution in [2.24, 2.45) is 51.8 Å². The van der Waals surface area contributed by atoms with Gasteiger partial charge in [0.1, 0.15) is 0 Å². The van der Waals surface area contributed by atoms with E-state index in [1.807, 2.05) is 105 Å². The van der Waals surface area contributed by atoms with Crippen LogP contribution >= 0.6 is 23.2 Å². The number of ketones is 3. The molecule has 12 aromatic rings. The Hall–Kier alpha value is -10.6. The molecule has 0 amide bonds. The zero-order valence-electron chi connectivity index (χ0n) is 61.6. The first-order valence-electron chi connectivity index (χ1n) is 38.6. The van der Waals surface area contributed by atoms with Gasteiger partial charge in [-0.15, -0.1) is 0 Å². The summed E-state index contributed by atoms with van der Waals surface area (Å²) in [6.07, 6.45) is 19.0. The summed E-state index contributed by atoms with van der Waals surface area (Å²) in [5.41, 5.74) is 15.7. The Balaban J connectivity index is 0.000000125. The quantitative estimate of drug-likeness (QED) is 0.0510. The highest BCUT2D eigenvalue weighted by Gasteiger charge is 2.56. The molecule has 0 bridgehead atoms. The van der Waals surface area contributed by atoms with E-state index < -0.39 is 17.9 Å². The van der Waals surface area contributed by atoms with Crippen LogP contribution in [0.5, 0.6) is 0 Å². The molecule has 6 saturated carbocycles. The number of carboxylic acid groups (broad SMARTS) is 3. The van der Waals surface area contributed by atoms with Crippen LogP contribution in [-0.4, -0.2) is 79.9 Å². The molecule has 558 valence electrons. The Bertz CT molecular complexity index is 5420. The predicted molar refractivity (Wildman–Crippen MR) is 429 cm³/mol. The normalized spacial score (nSPS) is 22.9. The zero-order valence-corrected chi connectivity index (χ0v) is 63.1. The number of para-hydroxylation sites is 1. The van der Waals surface area contributed by atoms with Crippen molar-refractivity contribution in [3.8, 4) is 33.4 Å². The van der Waals surface area contributed by atoms with Gasteiger partial charge in [-0.2, -0.15) is 15.3 Å². The molecular weight excluding hydrogens is 1420 g/mol. The summed E-state index contributed by atoms with van der Waals surface area (Å²) in [4.78, 5) is 73.4. The second kappa shape index (κ2) is 30.7. The summed E-state index contributed by atoms with van der Waals surface area (Å²) in [5, 5.41) is 44.9. The highest BCUT2D eigenvalue weighted by atomic mass is 35.5. The van der Waals surface area contributed by atoms with Crippen LogP contribution in [0.2, 0.25) is 10.0 Å². The van der Waals surface area contributed by atoms with E-state index in [0.29, 0.717) is 83.1 Å². The first-order valence-corrected chi connectivity index (χ1v) is 39.4. The van der Waals surface area contributed by atoms with Crippen molar-refractivity contribution in [1.29, 1.82) is 0 Å². The second-order valence-electron chi connectivity index (χ2n) is 32.9. The van der Waals surface area contributed by atoms with Crippen LogP contribution in [0, 0.1) is 51.8 Å². The molecule has 6 fully saturated rings. The van der Waals surface area contributed by atoms with E-state index >= 15 is 0 Å². The lowest BCUT2D eigenvalue weighted by Gasteiger charge is -2.58. The Morgan fingerprint density at radius 2 is 0.800 bits per heavy atom. The third-order valence-corrected chi connectivity index (χ3v) is 25.4. The summed E-state index contributed by atoms with van der Waals surface area (Å²) in [6, 6.07) is 69.5. The van der Waals surface area contributed by atoms with Crippen molar-refractivity contribution in [3.05, 3.63) is 268 Å². The van der Waals surface area contributed by atoms with Crippen LogP contribution in [-0.2, 0) is 27.5 Å². The molecule has 6 aliphatic rings. The van der Waals surface area contributed by atoms with Gasteiger partial charge in [0, 0.05) is 70.0 Å². The Morgan fingerprint density at radius 3 is 1.26 bits per heavy atom. The van der Waals surface area contributed by atoms with Gasteiger partial charge in [0.05, 0.1) is 65.2 Å². The fourth-order valence-electron chi connectivity index (χ4n) is 19.9. The van der Waals surface area contributed by atoms with Gasteiger partial charge in [-0.3, -0.25) is 42.8 Å². The summed E-state index contributed by atoms with van der Waals surface area (Å²) in [7, 11) is 0. The van der Waals surface area contributed by atoms with Crippen LogP contribution in [0.1, 0.15) is 170 Å². The molecule has 3 N–H and O–H groups in total. The maximum atomic E-state index is 13.5. The number of benzene rings is 9. The molecule has 1 atom stereocenters. The standard InChI is InChI=1S/2C31H29ClN2O3.C31H30N2O3/c32-26-12-25-18-33-34(19-20-6-8-24(9-7-20)23-4-2-1-3-5-23)30(25)27(13-26)28(35)10-21-14-31(15-21)16-22(17-31)11-29(36)37;32-27-11-10-25(28(35)12-21-14-31(15-21)16-22(17-31)13-29(36)37)30-26(27)18-33-34(30)19-20-6-8-24(9-7-20)23-4-2-1-3-5-23;1-20(22-10-12-24(13-11-22)23-6-3-2-4-7-23)33-29-25(19-32-33)8-5-9-27(29)28(34)14-21-15-31(16-21)17-26(18-31)30(35)36/h1-9,12-13,18,21-22H,10-11,14-17,19H2,(H,36,37);1-11,18,21-22H,12-17,19H2,(H,36,37);2-13,19-21,26H,14-18H2,1H3,(H,35,36). The van der Waals surface area contributed by atoms with Crippen LogP contribution in [0.25, 0.3) is 66.1 Å². The first-order chi connectivity index (χ1) is 53.2. The number of rotatable bonds is 23. The van der Waals surface area contributed by atoms with E-state index in [0.717, 1.165) is 143 Å². The van der Waals surface area contributed by atoms with Gasteiger partial charge in [-0.25, -0.2) is 0 Å². The smallest absolute Gasteiger partial charge is 0.306 e. The number of aliphatic carboxylic acids is 3. The largest absolute Gasteiger partial charge is 0.481 e. The van der Waals surface area contributed by atoms with Crippen LogP contribution < -0.4 is 0 Å². The van der Waals surface area contributed by atoms with Gasteiger partial charge in [-0.1, -0.05) is 199 Å². The molecular formula is C93H88Cl2N6O9. The third kappa shape index (κ3) is 15.5. The van der Waals surface area contributed by atoms with Gasteiger partial charge in [0.25, 0.3) is 0 Å². The SMILES string of the molecule is CC(c1ccc(-c2ccccc2)cc1)n1ncc2cccc(C(=O)CC3CC4(C3)CC(C(=O)O)C4)c21.O=C(O)CC1CC2(C1)CC(CC(=O)c1cc(Cl)cc3cnn(Cc4ccc(-c5ccccc5)cc4)c13)C2.O=C(O)CC1CC2(C1)CC(CC(=O)c1ccc(Cl)c3cnn(Cc4ccc(-c5ccccc5)cc4)c13)C2. The number of fused-ring (bicyclic) bond motifs is 3. The molecule has 110 heavy (non-hydrogen) atoms. The number of hydrogen-bond acceptors (Lipinski definition) is 9. The second-order valence-corrected chi connectivity index (χ2v) is 33.7. The molecule has 0 radical (unpaired) electrons. The number of halogens is 2. The van der Waals surface area contributed by atoms with Crippen molar-refractivity contribution in [3.63, 3.8) is 0 Å². The molecule has 0 aliphatic heterocycles. The van der Waals surface area contributed by atoms with Crippen LogP contribution in [0.4, 0.5) is 0 Å². The average molecular weight is 1500 g/mol. The summed E-state index contributed by atoms with van der Waals surface area (Å²) in [5.74, 6) is -0.208. The number of hydrogen-bond donors (Lipinski definition) is 3. The number of carbonyl (C=O) groups excluding carboxylic acids is 3. The number of Topliss-reactive ketones (excluding diaryl/α,β-unsaturated/α-hetero) is 3. The summed E-state index contributed by atoms with van der Waals surface area (Å²) in [6.45, 7) is 3.24. The number of carboxylic acids is 3. The lowest BCUT2D eigenvalue weighted by atomic mass is 9.47. The lowest BCUT2D eigenvalue weighted by Crippen LogP contribution is -2.50. The van der Waals surface area contributed by atoms with Crippen molar-refractivity contribution in [2.45, 2.75) is 135 Å². The fraction of sp³-hybridized carbons (Fsp3) is 0.323. The number of carbonyl (C=O) groups is 6. The molecule has 9 aromatic carbocycles. The molecule has 0 saturated heterocycles. The summed E-state index contributed by atoms with van der Waals surface area (Å²) >= 11 is 12.9. The van der Waals surface area contributed by atoms with Crippen molar-refractivity contribution in [2.75, 3.05) is 0 Å². The molecule has 18 rings (SSSR count). The topological polar surface area (TPSA) is 217 Å². The van der Waals surface area contributed by atoms with Gasteiger partial charge >= 0.3 is 17.9 Å². The molecule has 6 aliphatic carbocycles. The highest BCUT2D eigenvalue weighted by molar-refractivity contribution is 6.36. The number of nitrogens with zero attached hydrogens (tertiary/aromatic N) is 6. The maximum Gasteiger partial charge on any atom is 0.306 e. The molecule has 15 nitrogen and oxygen atoms in total. The van der Waals surface area contributed by atoms with Gasteiger partial charge in [-0.05, 0) is 210 Å². The Labute approximate surface area is 649 Å². The number of aromatic nitrogens is 6. The van der Waals surface area contributed by atoms with E-state index in [9.17, 15) is 33.9 Å². The lowest BCUT2D eigenvalue weighted by molar-refractivity contribution is -0.158. The minimum atomic E-state index is -0.709. The Morgan fingerprint density at radius 1 is 0.400 bits per heavy atom. The minimum absolute atomic E-state index is 0.0174. The van der Waals surface area contributed by atoms with Crippen LogP contribution in [0.15, 0.2) is 225 Å². The van der Waals surface area contributed by atoms with Crippen molar-refractivity contribution < 1.29 is 44.1 Å². The zero-order chi connectivity index (χ0) is 76.0. The minimum Gasteiger partial charge on any atom is -0.481 e. The Kier molecular flexibility index (Phi) is 20.5. The molecule has 3 spiro atoms. The van der Waals surface area contributed by atoms with E-state index in [2.05, 4.69) is 131 Å². The van der Waals surface area contributed by atoms with Crippen molar-refractivity contribution in [1.82, 2.24) is 29.3 Å². The molecule has 17 heteroatoms.